The number of esters is 1. The normalized spacial score (nSPS) is 17.9. The summed E-state index contributed by atoms with van der Waals surface area (Å²) in [6.07, 6.45) is 3.67. The summed E-state index contributed by atoms with van der Waals surface area (Å²) < 4.78 is 40.0. The Kier molecular flexibility index (Phi) is 8.75. The van der Waals surface area contributed by atoms with E-state index in [1.54, 1.807) is 24.3 Å². The van der Waals surface area contributed by atoms with Crippen LogP contribution >= 0.6 is 0 Å². The van der Waals surface area contributed by atoms with E-state index in [0.717, 1.165) is 5.56 Å². The molecule has 0 amide bonds. The first-order valence-corrected chi connectivity index (χ1v) is 14.6. The van der Waals surface area contributed by atoms with Gasteiger partial charge in [-0.3, -0.25) is 4.72 Å². The molecule has 0 bridgehead atoms. The molecule has 0 spiro atoms. The molecule has 1 aromatic heterocycles. The van der Waals surface area contributed by atoms with Crippen LogP contribution in [0.15, 0.2) is 89.5 Å². The number of aliphatic hydroxyl groups excluding tert-OH is 1. The van der Waals surface area contributed by atoms with Gasteiger partial charge < -0.3 is 14.6 Å². The van der Waals surface area contributed by atoms with E-state index in [-0.39, 0.29) is 21.8 Å². The van der Waals surface area contributed by atoms with Crippen LogP contribution in [0, 0.1) is 11.3 Å². The van der Waals surface area contributed by atoms with Crippen molar-refractivity contribution in [1.29, 1.82) is 5.26 Å². The third-order valence-corrected chi connectivity index (χ3v) is 8.02. The van der Waals surface area contributed by atoms with E-state index in [2.05, 4.69) is 9.71 Å². The van der Waals surface area contributed by atoms with Gasteiger partial charge in [-0.25, -0.2) is 9.78 Å². The van der Waals surface area contributed by atoms with Gasteiger partial charge in [0.1, 0.15) is 11.6 Å². The van der Waals surface area contributed by atoms with E-state index < -0.39 is 33.6 Å². The van der Waals surface area contributed by atoms with Crippen LogP contribution in [0.4, 0.5) is 5.69 Å². The molecule has 2 atom stereocenters. The maximum Gasteiger partial charge on any atom is 0.345 e. The number of benzene rings is 2. The molecular formula is C30H31N3O6S. The van der Waals surface area contributed by atoms with Gasteiger partial charge in [0.15, 0.2) is 5.03 Å². The Hall–Kier alpha value is -4.36. The summed E-state index contributed by atoms with van der Waals surface area (Å²) in [7, 11) is -4.03. The lowest BCUT2D eigenvalue weighted by Crippen LogP contribution is -2.43. The minimum Gasteiger partial charge on any atom is -0.480 e. The molecule has 3 aromatic rings. The third kappa shape index (κ3) is 6.43. The lowest BCUT2D eigenvalue weighted by Gasteiger charge is -2.38. The number of ether oxygens (including phenoxy) is 2. The van der Waals surface area contributed by atoms with E-state index in [9.17, 15) is 18.3 Å². The van der Waals surface area contributed by atoms with Crippen LogP contribution in [-0.2, 0) is 30.7 Å². The number of aliphatic hydroxyl groups is 1. The second kappa shape index (κ2) is 12.2. The highest BCUT2D eigenvalue weighted by molar-refractivity contribution is 7.92. The minimum atomic E-state index is -4.03. The first-order chi connectivity index (χ1) is 19.2. The Morgan fingerprint density at radius 2 is 1.82 bits per heavy atom. The molecule has 1 aliphatic heterocycles. The Bertz CT molecular complexity index is 1530. The summed E-state index contributed by atoms with van der Waals surface area (Å²) in [5, 5.41) is 19.7. The van der Waals surface area contributed by atoms with E-state index in [4.69, 9.17) is 14.7 Å². The summed E-state index contributed by atoms with van der Waals surface area (Å²) in [6.45, 7) is 3.80. The smallest absolute Gasteiger partial charge is 0.345 e. The number of hydrogen-bond donors (Lipinski definition) is 2. The Morgan fingerprint density at radius 1 is 1.05 bits per heavy atom. The largest absolute Gasteiger partial charge is 0.480 e. The number of nitrogens with zero attached hydrogens (tertiary/aromatic N) is 2. The summed E-state index contributed by atoms with van der Waals surface area (Å²) in [6, 6.07) is 20.8. The highest BCUT2D eigenvalue weighted by Crippen LogP contribution is 2.40. The average molecular weight is 562 g/mol. The van der Waals surface area contributed by atoms with Crippen LogP contribution in [0.5, 0.6) is 0 Å². The molecule has 4 rings (SSSR count). The monoisotopic (exact) mass is 561 g/mol. The van der Waals surface area contributed by atoms with Gasteiger partial charge in [-0.2, -0.15) is 13.7 Å². The molecule has 0 saturated carbocycles. The number of cyclic esters (lactones) is 1. The number of anilines is 1. The van der Waals surface area contributed by atoms with Gasteiger partial charge in [0.25, 0.3) is 21.8 Å². The fourth-order valence-electron chi connectivity index (χ4n) is 4.78. The Labute approximate surface area is 234 Å². The topological polar surface area (TPSA) is 139 Å². The second-order valence-corrected chi connectivity index (χ2v) is 11.2. The van der Waals surface area contributed by atoms with Crippen LogP contribution in [0.2, 0.25) is 0 Å². The number of carbonyl (C=O) groups excluding carboxylic acids is 1. The van der Waals surface area contributed by atoms with Gasteiger partial charge in [0.05, 0.1) is 5.56 Å². The van der Waals surface area contributed by atoms with Gasteiger partial charge in [-0.1, -0.05) is 56.3 Å². The van der Waals surface area contributed by atoms with Crippen LogP contribution < -0.4 is 4.72 Å². The van der Waals surface area contributed by atoms with Gasteiger partial charge in [0.2, 0.25) is 0 Å². The van der Waals surface area contributed by atoms with Gasteiger partial charge in [0, 0.05) is 30.6 Å². The van der Waals surface area contributed by atoms with Crippen molar-refractivity contribution in [2.24, 2.45) is 0 Å². The van der Waals surface area contributed by atoms with Crippen molar-refractivity contribution < 1.29 is 27.8 Å². The summed E-state index contributed by atoms with van der Waals surface area (Å²) in [4.78, 5) is 17.2. The van der Waals surface area contributed by atoms with E-state index in [1.165, 1.54) is 18.3 Å². The standard InChI is InChI=1S/C30H31N3O6S/c1-3-16-30(17-15-21-9-6-5-7-10-21)38-28(34)27(29(35)39-30)25(4-2)23-11-8-12-24(18-23)33-40(36,37)26-14-13-22(19-31)20-32-26/h5-14,18,20,25,33-34H,3-4,15-17H2,1-2H3. The first-order valence-electron chi connectivity index (χ1n) is 13.1. The zero-order valence-corrected chi connectivity index (χ0v) is 23.1. The number of hydrogen-bond acceptors (Lipinski definition) is 8. The number of aromatic nitrogens is 1. The highest BCUT2D eigenvalue weighted by atomic mass is 32.2. The first kappa shape index (κ1) is 28.6. The molecule has 0 saturated heterocycles. The fourth-order valence-corrected chi connectivity index (χ4v) is 5.76. The van der Waals surface area contributed by atoms with Crippen molar-refractivity contribution in [3.8, 4) is 6.07 Å². The van der Waals surface area contributed by atoms with E-state index >= 15 is 0 Å². The molecule has 10 heteroatoms. The van der Waals surface area contributed by atoms with Crippen molar-refractivity contribution >= 4 is 21.7 Å². The van der Waals surface area contributed by atoms with Gasteiger partial charge >= 0.3 is 5.97 Å². The number of rotatable bonds is 11. The molecule has 2 unspecified atom stereocenters. The van der Waals surface area contributed by atoms with Crippen molar-refractivity contribution in [3.05, 3.63) is 101 Å². The Morgan fingerprint density at radius 3 is 2.45 bits per heavy atom. The number of sulfonamides is 1. The van der Waals surface area contributed by atoms with Crippen molar-refractivity contribution in [2.45, 2.75) is 62.7 Å². The zero-order chi connectivity index (χ0) is 28.8. The number of nitrogens with one attached hydrogen (secondary N) is 1. The fraction of sp³-hybridized carbons (Fsp3) is 0.300. The quantitative estimate of drug-likeness (QED) is 0.284. The molecule has 2 heterocycles. The average Bonchev–Trinajstić information content (AvgIpc) is 2.94. The molecule has 2 aromatic carbocycles. The van der Waals surface area contributed by atoms with E-state index in [0.29, 0.717) is 37.7 Å². The van der Waals surface area contributed by atoms with Crippen LogP contribution in [-0.4, -0.2) is 30.3 Å². The predicted molar refractivity (Wildman–Crippen MR) is 148 cm³/mol. The second-order valence-electron chi connectivity index (χ2n) is 9.55. The van der Waals surface area contributed by atoms with Crippen molar-refractivity contribution in [1.82, 2.24) is 4.98 Å². The van der Waals surface area contributed by atoms with Crippen LogP contribution in [0.25, 0.3) is 0 Å². The summed E-state index contributed by atoms with van der Waals surface area (Å²) in [5.74, 6) is -3.03. The minimum absolute atomic E-state index is 0.0114. The zero-order valence-electron chi connectivity index (χ0n) is 22.3. The predicted octanol–water partition coefficient (Wildman–Crippen LogP) is 5.72. The molecule has 208 valence electrons. The lowest BCUT2D eigenvalue weighted by molar-refractivity contribution is -0.244. The summed E-state index contributed by atoms with van der Waals surface area (Å²) in [5.41, 5.74) is 2.13. The number of nitriles is 1. The maximum absolute atomic E-state index is 13.4. The number of aryl methyl sites for hydroxylation is 1. The SMILES string of the molecule is CCCC1(CCc2ccccc2)OC(=O)C(C(CC)c2cccc(NS(=O)(=O)c3ccc(C#N)cn3)c2)=C(O)O1. The molecule has 1 aliphatic rings. The molecule has 2 N–H and O–H groups in total. The summed E-state index contributed by atoms with van der Waals surface area (Å²) >= 11 is 0. The molecule has 9 nitrogen and oxygen atoms in total. The lowest BCUT2D eigenvalue weighted by atomic mass is 9.88. The van der Waals surface area contributed by atoms with Crippen molar-refractivity contribution in [3.63, 3.8) is 0 Å². The highest BCUT2D eigenvalue weighted by Gasteiger charge is 2.45. The number of pyridine rings is 1. The van der Waals surface area contributed by atoms with Gasteiger partial charge in [-0.15, -0.1) is 0 Å². The van der Waals surface area contributed by atoms with Crippen molar-refractivity contribution in [2.75, 3.05) is 4.72 Å². The van der Waals surface area contributed by atoms with Crippen LogP contribution in [0.3, 0.4) is 0 Å². The third-order valence-electron chi connectivity index (χ3n) is 6.72. The molecule has 0 aliphatic carbocycles. The maximum atomic E-state index is 13.4. The molecule has 0 radical (unpaired) electrons. The molecule has 0 fully saturated rings. The van der Waals surface area contributed by atoms with E-state index in [1.807, 2.05) is 50.2 Å². The Balaban J connectivity index is 1.58. The van der Waals surface area contributed by atoms with Crippen LogP contribution in [0.1, 0.15) is 62.1 Å². The number of carbonyl (C=O) groups is 1. The molecule has 40 heavy (non-hydrogen) atoms. The van der Waals surface area contributed by atoms with Gasteiger partial charge in [-0.05, 0) is 54.7 Å². The molecular weight excluding hydrogens is 530 g/mol.